The van der Waals surface area contributed by atoms with Gasteiger partial charge in [-0.25, -0.2) is 4.68 Å². The number of carbonyl (C=O) groups is 1. The number of morpholine rings is 1. The van der Waals surface area contributed by atoms with Gasteiger partial charge in [-0.3, -0.25) is 4.79 Å². The van der Waals surface area contributed by atoms with Gasteiger partial charge in [0.1, 0.15) is 5.69 Å². The molecule has 0 bridgehead atoms. The van der Waals surface area contributed by atoms with Crippen molar-refractivity contribution in [3.05, 3.63) is 11.9 Å². The van der Waals surface area contributed by atoms with E-state index in [0.717, 1.165) is 0 Å². The van der Waals surface area contributed by atoms with Crippen LogP contribution in [0.5, 0.6) is 0 Å². The predicted molar refractivity (Wildman–Crippen MR) is 67.7 cm³/mol. The Kier molecular flexibility index (Phi) is 3.86. The Bertz CT molecular complexity index is 458. The maximum absolute atomic E-state index is 12.4. The molecule has 1 atom stereocenters. The van der Waals surface area contributed by atoms with Crippen LogP contribution < -0.4 is 0 Å². The van der Waals surface area contributed by atoms with Crippen molar-refractivity contribution in [2.75, 3.05) is 26.8 Å². The lowest BCUT2D eigenvalue weighted by Gasteiger charge is -2.42. The van der Waals surface area contributed by atoms with Crippen LogP contribution in [0.3, 0.4) is 0 Å². The first-order valence-corrected chi connectivity index (χ1v) is 6.23. The predicted octanol–water partition coefficient (Wildman–Crippen LogP) is 0.0811. The fourth-order valence-electron chi connectivity index (χ4n) is 2.37. The number of amides is 1. The summed E-state index contributed by atoms with van der Waals surface area (Å²) in [5, 5.41) is 7.53. The Hall–Kier alpha value is -1.47. The van der Waals surface area contributed by atoms with Crippen LogP contribution in [-0.2, 0) is 16.5 Å². The second-order valence-corrected chi connectivity index (χ2v) is 5.38. The van der Waals surface area contributed by atoms with Gasteiger partial charge in [0.25, 0.3) is 5.91 Å². The lowest BCUT2D eigenvalue weighted by molar-refractivity contribution is -0.143. The second kappa shape index (κ2) is 5.26. The molecule has 0 aromatic carbocycles. The maximum atomic E-state index is 12.4. The maximum Gasteiger partial charge on any atom is 0.273 e. The van der Waals surface area contributed by atoms with Crippen LogP contribution in [0.4, 0.5) is 0 Å². The summed E-state index contributed by atoms with van der Waals surface area (Å²) in [7, 11) is 3.33. The number of hydrogen-bond donors (Lipinski definition) is 0. The fourth-order valence-corrected chi connectivity index (χ4v) is 2.37. The molecule has 0 radical (unpaired) electrons. The molecule has 1 aliphatic rings. The van der Waals surface area contributed by atoms with E-state index in [1.165, 1.54) is 10.9 Å². The Labute approximate surface area is 112 Å². The molecule has 1 saturated heterocycles. The minimum absolute atomic E-state index is 0.0787. The van der Waals surface area contributed by atoms with Crippen molar-refractivity contribution >= 4 is 5.91 Å². The molecule has 2 heterocycles. The van der Waals surface area contributed by atoms with E-state index in [9.17, 15) is 4.79 Å². The molecule has 2 rings (SSSR count). The Morgan fingerprint density at radius 1 is 1.63 bits per heavy atom. The summed E-state index contributed by atoms with van der Waals surface area (Å²) in [4.78, 5) is 14.2. The molecule has 7 heteroatoms. The number of carbonyl (C=O) groups excluding carboxylic acids is 1. The van der Waals surface area contributed by atoms with Gasteiger partial charge in [0, 0.05) is 27.2 Å². The average Bonchev–Trinajstić information content (AvgIpc) is 2.73. The highest BCUT2D eigenvalue weighted by molar-refractivity contribution is 5.92. The van der Waals surface area contributed by atoms with E-state index in [4.69, 9.17) is 9.47 Å². The van der Waals surface area contributed by atoms with Gasteiger partial charge in [-0.2, -0.15) is 0 Å². The fraction of sp³-hybridized carbons (Fsp3) is 0.750. The minimum atomic E-state index is -0.386. The number of ether oxygens (including phenoxy) is 2. The van der Waals surface area contributed by atoms with Gasteiger partial charge in [0.2, 0.25) is 0 Å². The third-order valence-corrected chi connectivity index (χ3v) is 3.05. The third-order valence-electron chi connectivity index (χ3n) is 3.05. The summed E-state index contributed by atoms with van der Waals surface area (Å²) in [5.74, 6) is -0.0787. The molecule has 0 aliphatic carbocycles. The molecule has 1 fully saturated rings. The van der Waals surface area contributed by atoms with Crippen molar-refractivity contribution in [2.45, 2.75) is 25.6 Å². The van der Waals surface area contributed by atoms with Crippen molar-refractivity contribution in [3.63, 3.8) is 0 Å². The summed E-state index contributed by atoms with van der Waals surface area (Å²) in [6.07, 6.45) is 1.37. The van der Waals surface area contributed by atoms with E-state index in [1.807, 2.05) is 13.8 Å². The summed E-state index contributed by atoms with van der Waals surface area (Å²) in [6, 6.07) is 0. The normalized spacial score (nSPS) is 22.5. The SMILES string of the molecule is COCC1CN(C(=O)c2cnnn2C)CC(C)(C)O1. The number of aryl methyl sites for hydroxylation is 1. The molecule has 0 spiro atoms. The van der Waals surface area contributed by atoms with Crippen molar-refractivity contribution < 1.29 is 14.3 Å². The minimum Gasteiger partial charge on any atom is -0.382 e. The van der Waals surface area contributed by atoms with Crippen molar-refractivity contribution in [3.8, 4) is 0 Å². The van der Waals surface area contributed by atoms with Crippen LogP contribution >= 0.6 is 0 Å². The molecule has 19 heavy (non-hydrogen) atoms. The van der Waals surface area contributed by atoms with Gasteiger partial charge < -0.3 is 14.4 Å². The Morgan fingerprint density at radius 3 is 2.95 bits per heavy atom. The standard InChI is InChI=1S/C12H20N4O3/c1-12(2)8-16(6-9(19-12)7-18-4)11(17)10-5-13-14-15(10)3/h5,9H,6-8H2,1-4H3. The first kappa shape index (κ1) is 14.0. The largest absolute Gasteiger partial charge is 0.382 e. The van der Waals surface area contributed by atoms with Gasteiger partial charge in [-0.15, -0.1) is 5.10 Å². The zero-order chi connectivity index (χ0) is 14.0. The first-order valence-electron chi connectivity index (χ1n) is 6.23. The molecule has 106 valence electrons. The van der Waals surface area contributed by atoms with Gasteiger partial charge in [-0.05, 0) is 13.8 Å². The highest BCUT2D eigenvalue weighted by Gasteiger charge is 2.36. The van der Waals surface area contributed by atoms with Crippen LogP contribution in [0.15, 0.2) is 6.20 Å². The summed E-state index contributed by atoms with van der Waals surface area (Å²) >= 11 is 0. The lowest BCUT2D eigenvalue weighted by Crippen LogP contribution is -2.55. The molecule has 1 aliphatic heterocycles. The number of methoxy groups -OCH3 is 1. The van der Waals surface area contributed by atoms with E-state index in [0.29, 0.717) is 25.4 Å². The summed E-state index contributed by atoms with van der Waals surface area (Å²) < 4.78 is 12.5. The third kappa shape index (κ3) is 3.10. The molecule has 1 aromatic heterocycles. The lowest BCUT2D eigenvalue weighted by atomic mass is 10.0. The highest BCUT2D eigenvalue weighted by atomic mass is 16.5. The van der Waals surface area contributed by atoms with Crippen LogP contribution in [0, 0.1) is 0 Å². The Morgan fingerprint density at radius 2 is 2.37 bits per heavy atom. The van der Waals surface area contributed by atoms with Gasteiger partial charge >= 0.3 is 0 Å². The van der Waals surface area contributed by atoms with Gasteiger partial charge in [0.05, 0.1) is 24.5 Å². The second-order valence-electron chi connectivity index (χ2n) is 5.38. The van der Waals surface area contributed by atoms with Crippen molar-refractivity contribution in [1.29, 1.82) is 0 Å². The first-order chi connectivity index (χ1) is 8.93. The molecule has 0 N–H and O–H groups in total. The van der Waals surface area contributed by atoms with Crippen molar-refractivity contribution in [2.24, 2.45) is 7.05 Å². The monoisotopic (exact) mass is 268 g/mol. The van der Waals surface area contributed by atoms with Gasteiger partial charge in [0.15, 0.2) is 0 Å². The Balaban J connectivity index is 2.15. The number of aromatic nitrogens is 3. The molecular weight excluding hydrogens is 248 g/mol. The van der Waals surface area contributed by atoms with Crippen LogP contribution in [0.1, 0.15) is 24.3 Å². The van der Waals surface area contributed by atoms with E-state index < -0.39 is 0 Å². The summed E-state index contributed by atoms with van der Waals surface area (Å²) in [6.45, 7) is 5.46. The number of hydrogen-bond acceptors (Lipinski definition) is 5. The highest BCUT2D eigenvalue weighted by Crippen LogP contribution is 2.22. The zero-order valence-corrected chi connectivity index (χ0v) is 11.8. The van der Waals surface area contributed by atoms with Crippen LogP contribution in [0.25, 0.3) is 0 Å². The smallest absolute Gasteiger partial charge is 0.273 e. The summed E-state index contributed by atoms with van der Waals surface area (Å²) in [5.41, 5.74) is 0.0946. The van der Waals surface area contributed by atoms with E-state index in [1.54, 1.807) is 19.1 Å². The molecule has 7 nitrogen and oxygen atoms in total. The molecule has 0 saturated carbocycles. The van der Waals surface area contributed by atoms with Gasteiger partial charge in [-0.1, -0.05) is 5.21 Å². The number of rotatable bonds is 3. The molecular formula is C12H20N4O3. The molecule has 1 aromatic rings. The van der Waals surface area contributed by atoms with Crippen LogP contribution in [0.2, 0.25) is 0 Å². The number of nitrogens with zero attached hydrogens (tertiary/aromatic N) is 4. The topological polar surface area (TPSA) is 69.5 Å². The van der Waals surface area contributed by atoms with E-state index in [2.05, 4.69) is 10.3 Å². The van der Waals surface area contributed by atoms with Crippen molar-refractivity contribution in [1.82, 2.24) is 19.9 Å². The zero-order valence-electron chi connectivity index (χ0n) is 11.8. The quantitative estimate of drug-likeness (QED) is 0.776. The molecule has 1 unspecified atom stereocenters. The van der Waals surface area contributed by atoms with E-state index in [-0.39, 0.29) is 17.6 Å². The average molecular weight is 268 g/mol. The van der Waals surface area contributed by atoms with E-state index >= 15 is 0 Å². The van der Waals surface area contributed by atoms with Crippen LogP contribution in [-0.4, -0.2) is 64.3 Å². The molecule has 1 amide bonds.